The number of para-hydroxylation sites is 1. The Morgan fingerprint density at radius 1 is 1.07 bits per heavy atom. The van der Waals surface area contributed by atoms with Crippen molar-refractivity contribution in [3.63, 3.8) is 0 Å². The largest absolute Gasteiger partial charge is 0.435 e. The van der Waals surface area contributed by atoms with Crippen molar-refractivity contribution in [3.05, 3.63) is 107 Å². The quantitative estimate of drug-likeness (QED) is 0.349. The van der Waals surface area contributed by atoms with E-state index in [1.165, 1.54) is 18.3 Å². The average molecular weight is 554 g/mol. The van der Waals surface area contributed by atoms with Crippen LogP contribution in [0.4, 0.5) is 10.1 Å². The summed E-state index contributed by atoms with van der Waals surface area (Å²) in [6.45, 7) is 2.84. The number of aliphatic imine (C=N–C) groups is 1. The van der Waals surface area contributed by atoms with Crippen molar-refractivity contribution in [3.8, 4) is 11.6 Å². The van der Waals surface area contributed by atoms with Gasteiger partial charge in [0.05, 0.1) is 23.6 Å². The second-order valence-corrected chi connectivity index (χ2v) is 9.94. The smallest absolute Gasteiger partial charge is 0.269 e. The fraction of sp³-hybridized carbons (Fsp3) is 0.226. The van der Waals surface area contributed by atoms with Crippen molar-refractivity contribution in [2.75, 3.05) is 18.5 Å². The number of halogens is 1. The summed E-state index contributed by atoms with van der Waals surface area (Å²) in [5.41, 5.74) is 3.46. The van der Waals surface area contributed by atoms with E-state index in [2.05, 4.69) is 15.7 Å². The molecule has 10 heteroatoms. The first-order valence-electron chi connectivity index (χ1n) is 13.4. The average Bonchev–Trinajstić information content (AvgIpc) is 3.35. The maximum absolute atomic E-state index is 14.8. The molecule has 1 atom stereocenters. The lowest BCUT2D eigenvalue weighted by Crippen LogP contribution is -2.42. The Kier molecular flexibility index (Phi) is 7.30. The van der Waals surface area contributed by atoms with Gasteiger partial charge in [0.1, 0.15) is 5.56 Å². The van der Waals surface area contributed by atoms with E-state index in [4.69, 9.17) is 14.5 Å². The Hall–Kier alpha value is -4.83. The summed E-state index contributed by atoms with van der Waals surface area (Å²) in [6, 6.07) is 21.3. The van der Waals surface area contributed by atoms with Crippen LogP contribution in [0.3, 0.4) is 0 Å². The summed E-state index contributed by atoms with van der Waals surface area (Å²) >= 11 is 0. The van der Waals surface area contributed by atoms with Gasteiger partial charge in [0.25, 0.3) is 11.8 Å². The molecule has 0 unspecified atom stereocenters. The number of amides is 2. The highest BCUT2D eigenvalue weighted by Crippen LogP contribution is 2.33. The molecular formula is C31H28FN5O4. The molecule has 3 heterocycles. The normalized spacial score (nSPS) is 17.2. The number of fused-ring (bicyclic) bond motifs is 1. The van der Waals surface area contributed by atoms with Crippen LogP contribution in [0.1, 0.15) is 45.9 Å². The van der Waals surface area contributed by atoms with Gasteiger partial charge in [-0.05, 0) is 43.5 Å². The van der Waals surface area contributed by atoms with Gasteiger partial charge in [0, 0.05) is 24.3 Å². The number of anilines is 1. The highest BCUT2D eigenvalue weighted by molar-refractivity contribution is 6.20. The maximum Gasteiger partial charge on any atom is 0.269 e. The van der Waals surface area contributed by atoms with Crippen LogP contribution in [0.15, 0.2) is 84.0 Å². The number of aromatic nitrogens is 2. The monoisotopic (exact) mass is 553 g/mol. The molecule has 0 bridgehead atoms. The van der Waals surface area contributed by atoms with Gasteiger partial charge in [-0.3, -0.25) is 9.59 Å². The van der Waals surface area contributed by atoms with E-state index in [0.29, 0.717) is 37.5 Å². The number of nitrogens with one attached hydrogen (secondary N) is 2. The minimum absolute atomic E-state index is 0.0366. The molecule has 41 heavy (non-hydrogen) atoms. The third-order valence-electron chi connectivity index (χ3n) is 7.09. The number of rotatable bonds is 6. The Morgan fingerprint density at radius 2 is 1.83 bits per heavy atom. The molecule has 2 N–H and O–H groups in total. The van der Waals surface area contributed by atoms with E-state index in [9.17, 15) is 14.0 Å². The van der Waals surface area contributed by atoms with Crippen LogP contribution in [-0.4, -0.2) is 46.7 Å². The van der Waals surface area contributed by atoms with E-state index in [1.807, 2.05) is 48.5 Å². The maximum atomic E-state index is 14.8. The molecule has 6 rings (SSSR count). The molecule has 0 aliphatic carbocycles. The summed E-state index contributed by atoms with van der Waals surface area (Å²) < 4.78 is 27.9. The van der Waals surface area contributed by atoms with Crippen LogP contribution in [0.2, 0.25) is 0 Å². The van der Waals surface area contributed by atoms with Gasteiger partial charge in [0.15, 0.2) is 11.6 Å². The minimum Gasteiger partial charge on any atom is -0.435 e. The zero-order valence-electron chi connectivity index (χ0n) is 22.3. The van der Waals surface area contributed by atoms with Gasteiger partial charge in [-0.25, -0.2) is 14.1 Å². The van der Waals surface area contributed by atoms with Crippen molar-refractivity contribution in [2.45, 2.75) is 32.0 Å². The molecule has 0 saturated carbocycles. The number of hydrogen-bond donors (Lipinski definition) is 2. The topological polar surface area (TPSA) is 107 Å². The lowest BCUT2D eigenvalue weighted by molar-refractivity contribution is -0.117. The third kappa shape index (κ3) is 5.46. The number of ether oxygens (including phenoxy) is 2. The number of hydrogen-bond acceptors (Lipinski definition) is 6. The zero-order valence-corrected chi connectivity index (χ0v) is 22.3. The van der Waals surface area contributed by atoms with E-state index in [0.717, 1.165) is 16.7 Å². The summed E-state index contributed by atoms with van der Waals surface area (Å²) in [4.78, 5) is 31.7. The summed E-state index contributed by atoms with van der Waals surface area (Å²) in [5, 5.41) is 10.1. The molecule has 2 aliphatic rings. The number of carbonyl (C=O) groups excluding carboxylic acids is 2. The molecule has 3 aromatic carbocycles. The minimum atomic E-state index is -1.25. The van der Waals surface area contributed by atoms with E-state index in [1.54, 1.807) is 23.7 Å². The molecule has 1 fully saturated rings. The predicted molar refractivity (Wildman–Crippen MR) is 151 cm³/mol. The van der Waals surface area contributed by atoms with Gasteiger partial charge in [-0.1, -0.05) is 54.6 Å². The van der Waals surface area contributed by atoms with E-state index < -0.39 is 23.8 Å². The summed E-state index contributed by atoms with van der Waals surface area (Å²) in [7, 11) is 0. The van der Waals surface area contributed by atoms with Crippen molar-refractivity contribution in [1.82, 2.24) is 15.1 Å². The van der Waals surface area contributed by atoms with Gasteiger partial charge < -0.3 is 20.1 Å². The molecule has 0 radical (unpaired) electrons. The van der Waals surface area contributed by atoms with Crippen molar-refractivity contribution in [2.24, 2.45) is 4.99 Å². The zero-order chi connectivity index (χ0) is 28.3. The number of carbonyl (C=O) groups is 2. The highest BCUT2D eigenvalue weighted by atomic mass is 19.1. The third-order valence-corrected chi connectivity index (χ3v) is 7.09. The first kappa shape index (κ1) is 26.4. The molecule has 2 aliphatic heterocycles. The Morgan fingerprint density at radius 3 is 2.61 bits per heavy atom. The molecule has 2 amide bonds. The highest BCUT2D eigenvalue weighted by Gasteiger charge is 2.31. The predicted octanol–water partition coefficient (Wildman–Crippen LogP) is 5.02. The molecule has 208 valence electrons. The number of nitrogens with zero attached hydrogens (tertiary/aromatic N) is 3. The number of aryl methyl sites for hydroxylation is 1. The van der Waals surface area contributed by atoms with Crippen LogP contribution in [0.5, 0.6) is 11.6 Å². The van der Waals surface area contributed by atoms with Crippen LogP contribution < -0.4 is 15.4 Å². The van der Waals surface area contributed by atoms with Crippen LogP contribution in [0.25, 0.3) is 0 Å². The van der Waals surface area contributed by atoms with Crippen LogP contribution in [-0.2, 0) is 9.53 Å². The molecule has 1 saturated heterocycles. The van der Waals surface area contributed by atoms with Gasteiger partial charge >= 0.3 is 0 Å². The van der Waals surface area contributed by atoms with Crippen LogP contribution >= 0.6 is 0 Å². The molecule has 4 aromatic rings. The lowest BCUT2D eigenvalue weighted by Gasteiger charge is -2.24. The number of benzodiazepines with no additional fused rings is 1. The van der Waals surface area contributed by atoms with E-state index in [-0.39, 0.29) is 23.2 Å². The van der Waals surface area contributed by atoms with Crippen molar-refractivity contribution < 1.29 is 23.5 Å². The second-order valence-electron chi connectivity index (χ2n) is 9.94. The van der Waals surface area contributed by atoms with Crippen molar-refractivity contribution >= 4 is 23.2 Å². The molecular weight excluding hydrogens is 525 g/mol. The SMILES string of the molecule is Cc1ccc(Oc2c(C(=O)N[C@H]3N=C(c4ccccc4)c4ccccc4NC3=O)cnn2C2CCOCC2)c(F)c1. The standard InChI is InChI=1S/C31H28FN5O4/c1-19-11-12-26(24(32)17-19)41-31-23(18-33-37(31)21-13-15-40-16-14-21)29(38)36-28-30(39)34-25-10-6-5-9-22(25)27(35-28)20-7-3-2-4-8-20/h2-12,17-18,21,28H,13-16H2,1H3,(H,34,39)(H,36,38)/t28-/m1/s1. The van der Waals surface area contributed by atoms with Crippen LogP contribution in [0, 0.1) is 12.7 Å². The first-order chi connectivity index (χ1) is 20.0. The fourth-order valence-corrected chi connectivity index (χ4v) is 4.97. The van der Waals surface area contributed by atoms with Gasteiger partial charge in [-0.15, -0.1) is 0 Å². The second kappa shape index (κ2) is 11.3. The van der Waals surface area contributed by atoms with Crippen molar-refractivity contribution in [1.29, 1.82) is 0 Å². The fourth-order valence-electron chi connectivity index (χ4n) is 4.97. The Bertz CT molecular complexity index is 1630. The van der Waals surface area contributed by atoms with Gasteiger partial charge in [0.2, 0.25) is 12.0 Å². The summed E-state index contributed by atoms with van der Waals surface area (Å²) in [6.07, 6.45) is 1.44. The first-order valence-corrected chi connectivity index (χ1v) is 13.4. The number of benzene rings is 3. The molecule has 0 spiro atoms. The van der Waals surface area contributed by atoms with Gasteiger partial charge in [-0.2, -0.15) is 5.10 Å². The Labute approximate surface area is 236 Å². The summed E-state index contributed by atoms with van der Waals surface area (Å²) in [5.74, 6) is -1.64. The van der Waals surface area contributed by atoms with E-state index >= 15 is 0 Å². The molecule has 9 nitrogen and oxygen atoms in total. The lowest BCUT2D eigenvalue weighted by atomic mass is 10.0. The Balaban J connectivity index is 1.36. The molecule has 1 aromatic heterocycles.